The number of nitrogens with two attached hydrogens (primary N) is 1. The van der Waals surface area contributed by atoms with Gasteiger partial charge in [0.15, 0.2) is 0 Å². The van der Waals surface area contributed by atoms with E-state index in [2.05, 4.69) is 27.9 Å². The van der Waals surface area contributed by atoms with Crippen molar-refractivity contribution in [2.45, 2.75) is 45.6 Å². The smallest absolute Gasteiger partial charge is 0.132 e. The number of aryl methyl sites for hydroxylation is 1. The van der Waals surface area contributed by atoms with Crippen LogP contribution in [0.2, 0.25) is 0 Å². The number of rotatable bonds is 6. The summed E-state index contributed by atoms with van der Waals surface area (Å²) in [6.45, 7) is 7.53. The van der Waals surface area contributed by atoms with Gasteiger partial charge in [-0.05, 0) is 32.7 Å². The van der Waals surface area contributed by atoms with Crippen molar-refractivity contribution < 1.29 is 4.74 Å². The van der Waals surface area contributed by atoms with Gasteiger partial charge in [0, 0.05) is 37.9 Å². The van der Waals surface area contributed by atoms with Crippen molar-refractivity contribution in [3.63, 3.8) is 0 Å². The third-order valence-corrected chi connectivity index (χ3v) is 3.54. The van der Waals surface area contributed by atoms with Gasteiger partial charge in [-0.15, -0.1) is 0 Å². The first kappa shape index (κ1) is 15.2. The summed E-state index contributed by atoms with van der Waals surface area (Å²) in [5.74, 6) is 1.84. The molecule has 2 heterocycles. The number of aromatic nitrogens is 2. The van der Waals surface area contributed by atoms with Gasteiger partial charge in [0.1, 0.15) is 11.6 Å². The molecular formula is C15H26N4O. The first-order chi connectivity index (χ1) is 9.72. The minimum atomic E-state index is 0.330. The number of hydrogen-bond donors (Lipinski definition) is 1. The quantitative estimate of drug-likeness (QED) is 0.857. The number of nitrogens with zero attached hydrogens (tertiary/aromatic N) is 3. The molecule has 1 aromatic heterocycles. The fraction of sp³-hybridized carbons (Fsp3) is 0.733. The zero-order chi connectivity index (χ0) is 14.4. The zero-order valence-electron chi connectivity index (χ0n) is 12.6. The van der Waals surface area contributed by atoms with E-state index < -0.39 is 0 Å². The molecule has 2 rings (SSSR count). The first-order valence-corrected chi connectivity index (χ1v) is 7.64. The average molecular weight is 278 g/mol. The van der Waals surface area contributed by atoms with Crippen LogP contribution in [0.1, 0.15) is 37.7 Å². The highest BCUT2D eigenvalue weighted by molar-refractivity contribution is 5.40. The third-order valence-electron chi connectivity index (χ3n) is 3.54. The molecule has 0 saturated carbocycles. The zero-order valence-corrected chi connectivity index (χ0v) is 12.6. The number of anilines is 1. The second-order valence-corrected chi connectivity index (χ2v) is 5.38. The molecule has 5 heteroatoms. The van der Waals surface area contributed by atoms with Gasteiger partial charge in [0.25, 0.3) is 0 Å². The highest BCUT2D eigenvalue weighted by Gasteiger charge is 2.21. The number of piperidine rings is 1. The van der Waals surface area contributed by atoms with Crippen LogP contribution in [0.4, 0.5) is 5.82 Å². The summed E-state index contributed by atoms with van der Waals surface area (Å²) >= 11 is 0. The highest BCUT2D eigenvalue weighted by Crippen LogP contribution is 2.20. The van der Waals surface area contributed by atoms with Crippen molar-refractivity contribution in [1.82, 2.24) is 9.97 Å². The molecule has 1 atom stereocenters. The minimum absolute atomic E-state index is 0.330. The van der Waals surface area contributed by atoms with Crippen molar-refractivity contribution in [1.29, 1.82) is 0 Å². The summed E-state index contributed by atoms with van der Waals surface area (Å²) in [6, 6.07) is 2.07. The maximum atomic E-state index is 5.89. The lowest BCUT2D eigenvalue weighted by atomic mass is 10.1. The van der Waals surface area contributed by atoms with E-state index in [9.17, 15) is 0 Å². The Morgan fingerprint density at radius 2 is 2.30 bits per heavy atom. The van der Waals surface area contributed by atoms with Crippen LogP contribution in [-0.2, 0) is 11.2 Å². The Morgan fingerprint density at radius 3 is 3.05 bits per heavy atom. The van der Waals surface area contributed by atoms with Crippen molar-refractivity contribution >= 4 is 5.82 Å². The van der Waals surface area contributed by atoms with E-state index in [1.807, 2.05) is 6.92 Å². The Labute approximate surface area is 121 Å². The van der Waals surface area contributed by atoms with Gasteiger partial charge in [-0.3, -0.25) is 0 Å². The first-order valence-electron chi connectivity index (χ1n) is 7.64. The largest absolute Gasteiger partial charge is 0.376 e. The van der Waals surface area contributed by atoms with Crippen LogP contribution in [0.5, 0.6) is 0 Å². The topological polar surface area (TPSA) is 64.3 Å². The molecule has 0 spiro atoms. The van der Waals surface area contributed by atoms with Gasteiger partial charge in [-0.25, -0.2) is 9.97 Å². The van der Waals surface area contributed by atoms with Crippen molar-refractivity contribution in [3.05, 3.63) is 17.6 Å². The predicted octanol–water partition coefficient (Wildman–Crippen LogP) is 1.68. The Morgan fingerprint density at radius 1 is 1.45 bits per heavy atom. The van der Waals surface area contributed by atoms with Crippen molar-refractivity contribution in [2.75, 3.05) is 31.1 Å². The van der Waals surface area contributed by atoms with E-state index in [-0.39, 0.29) is 0 Å². The summed E-state index contributed by atoms with van der Waals surface area (Å²) in [4.78, 5) is 11.3. The second kappa shape index (κ2) is 7.55. The molecule has 20 heavy (non-hydrogen) atoms. The maximum absolute atomic E-state index is 5.89. The Hall–Kier alpha value is -1.20. The van der Waals surface area contributed by atoms with Gasteiger partial charge in [0.05, 0.1) is 6.10 Å². The van der Waals surface area contributed by atoms with Crippen LogP contribution in [-0.4, -0.2) is 42.3 Å². The molecule has 1 saturated heterocycles. The predicted molar refractivity (Wildman–Crippen MR) is 81.0 cm³/mol. The van der Waals surface area contributed by atoms with E-state index in [0.717, 1.165) is 62.7 Å². The summed E-state index contributed by atoms with van der Waals surface area (Å²) in [7, 11) is 0. The second-order valence-electron chi connectivity index (χ2n) is 5.38. The Balaban J connectivity index is 2.05. The lowest BCUT2D eigenvalue weighted by molar-refractivity contribution is 0.0439. The molecule has 5 nitrogen and oxygen atoms in total. The fourth-order valence-corrected chi connectivity index (χ4v) is 2.62. The van der Waals surface area contributed by atoms with Crippen LogP contribution in [0.15, 0.2) is 6.07 Å². The van der Waals surface area contributed by atoms with Gasteiger partial charge in [0.2, 0.25) is 0 Å². The van der Waals surface area contributed by atoms with E-state index in [0.29, 0.717) is 12.6 Å². The van der Waals surface area contributed by atoms with Crippen LogP contribution in [0, 0.1) is 6.92 Å². The lowest BCUT2D eigenvalue weighted by Gasteiger charge is -2.33. The summed E-state index contributed by atoms with van der Waals surface area (Å²) in [5.41, 5.74) is 6.66. The minimum Gasteiger partial charge on any atom is -0.376 e. The molecule has 1 aliphatic rings. The molecule has 112 valence electrons. The van der Waals surface area contributed by atoms with Gasteiger partial charge in [-0.2, -0.15) is 0 Å². The van der Waals surface area contributed by atoms with E-state index >= 15 is 0 Å². The monoisotopic (exact) mass is 278 g/mol. The van der Waals surface area contributed by atoms with E-state index in [4.69, 9.17) is 10.5 Å². The highest BCUT2D eigenvalue weighted by atomic mass is 16.5. The average Bonchev–Trinajstić information content (AvgIpc) is 2.45. The third kappa shape index (κ3) is 4.15. The van der Waals surface area contributed by atoms with Crippen LogP contribution in [0.3, 0.4) is 0 Å². The SMILES string of the molecule is CCCOC1CCCN(c2cc(CCN)nc(C)n2)C1. The van der Waals surface area contributed by atoms with Gasteiger partial charge >= 0.3 is 0 Å². The summed E-state index contributed by atoms with van der Waals surface area (Å²) in [5, 5.41) is 0. The molecule has 1 unspecified atom stereocenters. The maximum Gasteiger partial charge on any atom is 0.132 e. The Bertz CT molecular complexity index is 424. The molecule has 0 radical (unpaired) electrons. The van der Waals surface area contributed by atoms with E-state index in [1.165, 1.54) is 0 Å². The molecule has 0 aliphatic carbocycles. The summed E-state index contributed by atoms with van der Waals surface area (Å²) in [6.07, 6.45) is 4.51. The normalized spacial score (nSPS) is 19.4. The van der Waals surface area contributed by atoms with Crippen molar-refractivity contribution in [2.24, 2.45) is 5.73 Å². The molecule has 0 bridgehead atoms. The number of hydrogen-bond acceptors (Lipinski definition) is 5. The van der Waals surface area contributed by atoms with Crippen molar-refractivity contribution in [3.8, 4) is 0 Å². The summed E-state index contributed by atoms with van der Waals surface area (Å²) < 4.78 is 5.89. The standard InChI is InChI=1S/C15H26N4O/c1-3-9-20-14-5-4-8-19(11-14)15-10-13(6-7-16)17-12(2)18-15/h10,14H,3-9,11,16H2,1-2H3. The van der Waals surface area contributed by atoms with Crippen LogP contribution < -0.4 is 10.6 Å². The van der Waals surface area contributed by atoms with Crippen LogP contribution in [0.25, 0.3) is 0 Å². The molecule has 2 N–H and O–H groups in total. The molecule has 1 aliphatic heterocycles. The van der Waals surface area contributed by atoms with Gasteiger partial charge < -0.3 is 15.4 Å². The number of ether oxygens (including phenoxy) is 1. The molecule has 0 amide bonds. The van der Waals surface area contributed by atoms with Crippen LogP contribution >= 0.6 is 0 Å². The molecule has 0 aromatic carbocycles. The van der Waals surface area contributed by atoms with E-state index in [1.54, 1.807) is 0 Å². The fourth-order valence-electron chi connectivity index (χ4n) is 2.62. The van der Waals surface area contributed by atoms with Gasteiger partial charge in [-0.1, -0.05) is 6.92 Å². The molecule has 1 fully saturated rings. The Kier molecular flexibility index (Phi) is 5.73. The molecular weight excluding hydrogens is 252 g/mol. The lowest BCUT2D eigenvalue weighted by Crippen LogP contribution is -2.40. The molecule has 1 aromatic rings.